The van der Waals surface area contributed by atoms with E-state index in [0.717, 1.165) is 23.8 Å². The molecular weight excluding hydrogens is 270 g/mol. The Kier molecular flexibility index (Phi) is 3.45. The van der Waals surface area contributed by atoms with Crippen LogP contribution in [0.25, 0.3) is 0 Å². The Morgan fingerprint density at radius 3 is 3.11 bits per heavy atom. The van der Waals surface area contributed by atoms with Gasteiger partial charge in [-0.05, 0) is 12.1 Å². The molecule has 1 fully saturated rings. The number of pyridine rings is 1. The molecule has 0 bridgehead atoms. The number of thiazole rings is 1. The highest BCUT2D eigenvalue weighted by atomic mass is 35.5. The molecule has 1 saturated heterocycles. The number of aromatic nitrogens is 2. The summed E-state index contributed by atoms with van der Waals surface area (Å²) in [6.45, 7) is 2.36. The molecule has 0 spiro atoms. The minimum absolute atomic E-state index is 0.0469. The Morgan fingerprint density at radius 1 is 1.39 bits per heavy atom. The Labute approximate surface area is 114 Å². The highest BCUT2D eigenvalue weighted by Crippen LogP contribution is 2.27. The standard InChI is InChI=1S/C12H12ClN3OS/c13-11-7-9(1-2-14-11)16-4-5-17-10(8-16)12-15-3-6-18-12/h1-3,6-7,10H,4-5,8H2. The molecule has 6 heteroatoms. The molecule has 0 amide bonds. The molecule has 3 rings (SSSR count). The molecule has 3 heterocycles. The van der Waals surface area contributed by atoms with Gasteiger partial charge in [-0.3, -0.25) is 0 Å². The maximum absolute atomic E-state index is 5.92. The van der Waals surface area contributed by atoms with E-state index in [1.165, 1.54) is 0 Å². The first kappa shape index (κ1) is 11.9. The van der Waals surface area contributed by atoms with E-state index in [4.69, 9.17) is 16.3 Å². The first-order chi connectivity index (χ1) is 8.83. The Balaban J connectivity index is 1.78. The summed E-state index contributed by atoms with van der Waals surface area (Å²) in [7, 11) is 0. The third-order valence-electron chi connectivity index (χ3n) is 2.87. The summed E-state index contributed by atoms with van der Waals surface area (Å²) >= 11 is 7.55. The molecule has 1 unspecified atom stereocenters. The van der Waals surface area contributed by atoms with E-state index in [1.54, 1.807) is 17.5 Å². The van der Waals surface area contributed by atoms with Crippen molar-refractivity contribution >= 4 is 28.6 Å². The van der Waals surface area contributed by atoms with Crippen LogP contribution >= 0.6 is 22.9 Å². The van der Waals surface area contributed by atoms with Crippen molar-refractivity contribution in [3.05, 3.63) is 40.1 Å². The largest absolute Gasteiger partial charge is 0.367 e. The fraction of sp³-hybridized carbons (Fsp3) is 0.333. The van der Waals surface area contributed by atoms with E-state index in [0.29, 0.717) is 11.8 Å². The Morgan fingerprint density at radius 2 is 2.33 bits per heavy atom. The third kappa shape index (κ3) is 2.48. The van der Waals surface area contributed by atoms with Crippen molar-refractivity contribution in [3.8, 4) is 0 Å². The van der Waals surface area contributed by atoms with Crippen molar-refractivity contribution in [3.63, 3.8) is 0 Å². The number of ether oxygens (including phenoxy) is 1. The lowest BCUT2D eigenvalue weighted by atomic mass is 10.2. The summed E-state index contributed by atoms with van der Waals surface area (Å²) in [6.07, 6.45) is 3.59. The summed E-state index contributed by atoms with van der Waals surface area (Å²) in [4.78, 5) is 10.6. The van der Waals surface area contributed by atoms with Crippen LogP contribution < -0.4 is 4.90 Å². The first-order valence-electron chi connectivity index (χ1n) is 5.70. The maximum Gasteiger partial charge on any atom is 0.131 e. The normalized spacial score (nSPS) is 20.1. The van der Waals surface area contributed by atoms with Crippen molar-refractivity contribution in [2.75, 3.05) is 24.6 Å². The van der Waals surface area contributed by atoms with E-state index in [2.05, 4.69) is 14.9 Å². The molecule has 2 aromatic rings. The summed E-state index contributed by atoms with van der Waals surface area (Å²) < 4.78 is 5.76. The molecule has 0 radical (unpaired) electrons. The maximum atomic E-state index is 5.92. The molecule has 0 N–H and O–H groups in total. The molecule has 2 aromatic heterocycles. The van der Waals surface area contributed by atoms with Crippen LogP contribution in [-0.4, -0.2) is 29.7 Å². The van der Waals surface area contributed by atoms with Gasteiger partial charge in [0.15, 0.2) is 0 Å². The lowest BCUT2D eigenvalue weighted by Gasteiger charge is -2.33. The average molecular weight is 282 g/mol. The van der Waals surface area contributed by atoms with Crippen LogP contribution in [0.15, 0.2) is 29.9 Å². The molecule has 4 nitrogen and oxygen atoms in total. The van der Waals surface area contributed by atoms with Crippen molar-refractivity contribution in [2.24, 2.45) is 0 Å². The highest BCUT2D eigenvalue weighted by molar-refractivity contribution is 7.09. The van der Waals surface area contributed by atoms with E-state index in [1.807, 2.05) is 23.7 Å². The summed E-state index contributed by atoms with van der Waals surface area (Å²) in [5.74, 6) is 0. The van der Waals surface area contributed by atoms with Crippen molar-refractivity contribution < 1.29 is 4.74 Å². The second-order valence-corrected chi connectivity index (χ2v) is 5.33. The minimum atomic E-state index is 0.0469. The van der Waals surface area contributed by atoms with E-state index in [-0.39, 0.29) is 6.10 Å². The van der Waals surface area contributed by atoms with E-state index in [9.17, 15) is 0 Å². The van der Waals surface area contributed by atoms with Gasteiger partial charge in [-0.1, -0.05) is 11.6 Å². The zero-order valence-electron chi connectivity index (χ0n) is 9.62. The average Bonchev–Trinajstić information content (AvgIpc) is 2.93. The quantitative estimate of drug-likeness (QED) is 0.794. The zero-order valence-corrected chi connectivity index (χ0v) is 11.2. The number of halogens is 1. The van der Waals surface area contributed by atoms with Crippen molar-refractivity contribution in [2.45, 2.75) is 6.10 Å². The van der Waals surface area contributed by atoms with Gasteiger partial charge in [0.2, 0.25) is 0 Å². The number of anilines is 1. The van der Waals surface area contributed by atoms with Crippen LogP contribution in [-0.2, 0) is 4.74 Å². The molecule has 0 aromatic carbocycles. The predicted octanol–water partition coefficient (Wildman–Crippen LogP) is 2.77. The fourth-order valence-electron chi connectivity index (χ4n) is 2.02. The fourth-order valence-corrected chi connectivity index (χ4v) is 2.86. The van der Waals surface area contributed by atoms with Gasteiger partial charge in [-0.25, -0.2) is 9.97 Å². The summed E-state index contributed by atoms with van der Waals surface area (Å²) in [6, 6.07) is 3.85. The van der Waals surface area contributed by atoms with E-state index >= 15 is 0 Å². The second-order valence-electron chi connectivity index (χ2n) is 4.01. The number of rotatable bonds is 2. The van der Waals surface area contributed by atoms with Gasteiger partial charge in [0, 0.05) is 30.0 Å². The van der Waals surface area contributed by atoms with Gasteiger partial charge in [-0.2, -0.15) is 0 Å². The third-order valence-corrected chi connectivity index (χ3v) is 3.94. The number of hydrogen-bond donors (Lipinski definition) is 0. The van der Waals surface area contributed by atoms with Crippen LogP contribution in [0, 0.1) is 0 Å². The first-order valence-corrected chi connectivity index (χ1v) is 6.96. The number of hydrogen-bond acceptors (Lipinski definition) is 5. The number of morpholine rings is 1. The molecule has 1 atom stereocenters. The topological polar surface area (TPSA) is 38.2 Å². The molecule has 94 valence electrons. The monoisotopic (exact) mass is 281 g/mol. The second kappa shape index (κ2) is 5.22. The number of nitrogens with zero attached hydrogens (tertiary/aromatic N) is 3. The van der Waals surface area contributed by atoms with Crippen LogP contribution in [0.4, 0.5) is 5.69 Å². The van der Waals surface area contributed by atoms with Crippen molar-refractivity contribution in [1.82, 2.24) is 9.97 Å². The van der Waals surface area contributed by atoms with E-state index < -0.39 is 0 Å². The van der Waals surface area contributed by atoms with Gasteiger partial charge in [0.25, 0.3) is 0 Å². The van der Waals surface area contributed by atoms with Crippen LogP contribution in [0.3, 0.4) is 0 Å². The smallest absolute Gasteiger partial charge is 0.131 e. The van der Waals surface area contributed by atoms with Gasteiger partial charge >= 0.3 is 0 Å². The Bertz CT molecular complexity index is 520. The van der Waals surface area contributed by atoms with Crippen LogP contribution in [0.2, 0.25) is 5.15 Å². The predicted molar refractivity (Wildman–Crippen MR) is 72.3 cm³/mol. The summed E-state index contributed by atoms with van der Waals surface area (Å²) in [5, 5.41) is 3.52. The lowest BCUT2D eigenvalue weighted by molar-refractivity contribution is 0.0396. The van der Waals surface area contributed by atoms with Crippen LogP contribution in [0.1, 0.15) is 11.1 Å². The van der Waals surface area contributed by atoms with Crippen molar-refractivity contribution in [1.29, 1.82) is 0 Å². The van der Waals surface area contributed by atoms with Crippen LogP contribution in [0.5, 0.6) is 0 Å². The Hall–Kier alpha value is -1.17. The highest BCUT2D eigenvalue weighted by Gasteiger charge is 2.24. The molecule has 1 aliphatic heterocycles. The molecule has 0 saturated carbocycles. The zero-order chi connectivity index (χ0) is 12.4. The molecule has 1 aliphatic rings. The molecule has 0 aliphatic carbocycles. The minimum Gasteiger partial charge on any atom is -0.367 e. The van der Waals surface area contributed by atoms with Gasteiger partial charge in [-0.15, -0.1) is 11.3 Å². The van der Waals surface area contributed by atoms with Gasteiger partial charge < -0.3 is 9.64 Å². The molecular formula is C12H12ClN3OS. The lowest BCUT2D eigenvalue weighted by Crippen LogP contribution is -2.38. The van der Waals surface area contributed by atoms with Gasteiger partial charge in [0.05, 0.1) is 13.2 Å². The summed E-state index contributed by atoms with van der Waals surface area (Å²) in [5.41, 5.74) is 1.08. The SMILES string of the molecule is Clc1cc(N2CCOC(c3nccs3)C2)ccn1. The molecule has 18 heavy (non-hydrogen) atoms. The van der Waals surface area contributed by atoms with Gasteiger partial charge in [0.1, 0.15) is 16.3 Å².